The molecule has 2 N–H and O–H groups in total. The van der Waals surface area contributed by atoms with Crippen molar-refractivity contribution in [3.8, 4) is 10.6 Å². The molecule has 2 aromatic rings. The highest BCUT2D eigenvalue weighted by atomic mass is 32.1. The molecule has 1 saturated heterocycles. The maximum Gasteiger partial charge on any atom is 0.180 e. The van der Waals surface area contributed by atoms with Crippen LogP contribution in [0.3, 0.4) is 0 Å². The molecular formula is C13H18N4OS2. The van der Waals surface area contributed by atoms with Crippen LogP contribution in [-0.2, 0) is 17.9 Å². The van der Waals surface area contributed by atoms with Gasteiger partial charge in [0.2, 0.25) is 0 Å². The molecule has 3 rings (SSSR count). The van der Waals surface area contributed by atoms with Crippen LogP contribution in [-0.4, -0.2) is 35.1 Å². The number of aromatic nitrogens is 2. The minimum absolute atomic E-state index is 0.517. The highest BCUT2D eigenvalue weighted by molar-refractivity contribution is 7.16. The van der Waals surface area contributed by atoms with E-state index >= 15 is 0 Å². The van der Waals surface area contributed by atoms with Gasteiger partial charge in [0, 0.05) is 12.5 Å². The number of hydrogen-bond acceptors (Lipinski definition) is 7. The van der Waals surface area contributed by atoms with E-state index in [-0.39, 0.29) is 0 Å². The Bertz CT molecular complexity index is 575. The summed E-state index contributed by atoms with van der Waals surface area (Å²) in [5.74, 6) is 0. The van der Waals surface area contributed by atoms with Gasteiger partial charge in [-0.2, -0.15) is 0 Å². The smallest absolute Gasteiger partial charge is 0.180 e. The van der Waals surface area contributed by atoms with Crippen molar-refractivity contribution >= 4 is 27.8 Å². The van der Waals surface area contributed by atoms with E-state index in [2.05, 4.69) is 9.88 Å². The molecule has 0 aromatic carbocycles. The average Bonchev–Trinajstić information content (AvgIpc) is 3.12. The fourth-order valence-electron chi connectivity index (χ4n) is 2.43. The third kappa shape index (κ3) is 3.01. The van der Waals surface area contributed by atoms with Crippen LogP contribution >= 0.6 is 22.7 Å². The Balaban J connectivity index is 1.85. The van der Waals surface area contributed by atoms with Gasteiger partial charge in [0.15, 0.2) is 5.13 Å². The van der Waals surface area contributed by atoms with E-state index in [0.717, 1.165) is 27.8 Å². The maximum absolute atomic E-state index is 5.73. The van der Waals surface area contributed by atoms with E-state index in [1.807, 2.05) is 5.38 Å². The first-order valence-electron chi connectivity index (χ1n) is 6.67. The predicted octanol–water partition coefficient (Wildman–Crippen LogP) is 2.59. The van der Waals surface area contributed by atoms with Crippen molar-refractivity contribution in [2.45, 2.75) is 26.0 Å². The summed E-state index contributed by atoms with van der Waals surface area (Å²) in [5, 5.41) is 3.72. The summed E-state index contributed by atoms with van der Waals surface area (Å²) in [6.07, 6.45) is 2.59. The van der Waals surface area contributed by atoms with Crippen LogP contribution in [0.1, 0.15) is 23.5 Å². The van der Waals surface area contributed by atoms with Crippen LogP contribution in [0, 0.1) is 0 Å². The van der Waals surface area contributed by atoms with Crippen molar-refractivity contribution in [3.63, 3.8) is 0 Å². The number of ether oxygens (including phenoxy) is 1. The number of nitrogens with two attached hydrogens (primary N) is 1. The number of rotatable bonds is 5. The van der Waals surface area contributed by atoms with Gasteiger partial charge >= 0.3 is 0 Å². The van der Waals surface area contributed by atoms with Gasteiger partial charge in [-0.25, -0.2) is 9.97 Å². The molecule has 2 aromatic heterocycles. The maximum atomic E-state index is 5.73. The molecule has 20 heavy (non-hydrogen) atoms. The fraction of sp³-hybridized carbons (Fsp3) is 0.538. The van der Waals surface area contributed by atoms with E-state index in [9.17, 15) is 0 Å². The lowest BCUT2D eigenvalue weighted by molar-refractivity contribution is 0.182. The van der Waals surface area contributed by atoms with Gasteiger partial charge in [-0.3, -0.25) is 4.90 Å². The molecule has 7 heteroatoms. The quantitative estimate of drug-likeness (QED) is 0.919. The number of nitrogens with zero attached hydrogens (tertiary/aromatic N) is 3. The predicted molar refractivity (Wildman–Crippen MR) is 82.9 cm³/mol. The van der Waals surface area contributed by atoms with Crippen LogP contribution in [0.4, 0.5) is 5.13 Å². The first kappa shape index (κ1) is 13.9. The molecule has 0 spiro atoms. The molecule has 1 fully saturated rings. The van der Waals surface area contributed by atoms with Crippen molar-refractivity contribution in [2.75, 3.05) is 25.9 Å². The monoisotopic (exact) mass is 310 g/mol. The van der Waals surface area contributed by atoms with Gasteiger partial charge in [0.25, 0.3) is 0 Å². The van der Waals surface area contributed by atoms with Crippen LogP contribution < -0.4 is 5.73 Å². The molecule has 1 aliphatic heterocycles. The molecule has 0 amide bonds. The van der Waals surface area contributed by atoms with Crippen LogP contribution in [0.2, 0.25) is 0 Å². The van der Waals surface area contributed by atoms with Gasteiger partial charge in [-0.05, 0) is 25.9 Å². The normalized spacial score (nSPS) is 16.1. The second-order valence-corrected chi connectivity index (χ2v) is 6.84. The molecule has 108 valence electrons. The summed E-state index contributed by atoms with van der Waals surface area (Å²) < 4.78 is 5.26. The summed E-state index contributed by atoms with van der Waals surface area (Å²) in [4.78, 5) is 12.6. The van der Waals surface area contributed by atoms with E-state index < -0.39 is 0 Å². The highest BCUT2D eigenvalue weighted by Crippen LogP contribution is 2.33. The van der Waals surface area contributed by atoms with Crippen molar-refractivity contribution in [1.82, 2.24) is 14.9 Å². The minimum Gasteiger partial charge on any atom is -0.378 e. The average molecular weight is 310 g/mol. The Morgan fingerprint density at radius 1 is 1.35 bits per heavy atom. The summed E-state index contributed by atoms with van der Waals surface area (Å²) in [5.41, 5.74) is 7.62. The SMILES string of the molecule is COCc1nc(CN2CCCC2)sc1-c1csc(N)n1. The molecular weight excluding hydrogens is 292 g/mol. The minimum atomic E-state index is 0.517. The zero-order valence-corrected chi connectivity index (χ0v) is 13.1. The first-order chi connectivity index (χ1) is 9.76. The summed E-state index contributed by atoms with van der Waals surface area (Å²) in [7, 11) is 1.69. The lowest BCUT2D eigenvalue weighted by Crippen LogP contribution is -2.18. The molecule has 0 bridgehead atoms. The van der Waals surface area contributed by atoms with Crippen LogP contribution in [0.5, 0.6) is 0 Å². The highest BCUT2D eigenvalue weighted by Gasteiger charge is 2.18. The Labute approximate surface area is 126 Å². The topological polar surface area (TPSA) is 64.3 Å². The lowest BCUT2D eigenvalue weighted by atomic mass is 10.3. The molecule has 0 saturated carbocycles. The second-order valence-electron chi connectivity index (χ2n) is 4.87. The zero-order chi connectivity index (χ0) is 13.9. The van der Waals surface area contributed by atoms with Gasteiger partial charge in [0.1, 0.15) is 5.01 Å². The van der Waals surface area contributed by atoms with E-state index in [1.54, 1.807) is 18.4 Å². The largest absolute Gasteiger partial charge is 0.378 e. The lowest BCUT2D eigenvalue weighted by Gasteiger charge is -2.11. The number of likely N-dealkylation sites (tertiary alicyclic amines) is 1. The number of hydrogen-bond donors (Lipinski definition) is 1. The number of methoxy groups -OCH3 is 1. The van der Waals surface area contributed by atoms with Crippen molar-refractivity contribution in [3.05, 3.63) is 16.1 Å². The van der Waals surface area contributed by atoms with E-state index in [0.29, 0.717) is 11.7 Å². The van der Waals surface area contributed by atoms with E-state index in [1.165, 1.54) is 37.3 Å². The Morgan fingerprint density at radius 2 is 2.15 bits per heavy atom. The third-order valence-electron chi connectivity index (χ3n) is 3.33. The van der Waals surface area contributed by atoms with Gasteiger partial charge in [0.05, 0.1) is 29.4 Å². The second kappa shape index (κ2) is 6.17. The van der Waals surface area contributed by atoms with Crippen LogP contribution in [0.25, 0.3) is 10.6 Å². The molecule has 0 atom stereocenters. The Morgan fingerprint density at radius 3 is 2.80 bits per heavy atom. The van der Waals surface area contributed by atoms with Crippen molar-refractivity contribution in [1.29, 1.82) is 0 Å². The van der Waals surface area contributed by atoms with Gasteiger partial charge in [-0.1, -0.05) is 0 Å². The summed E-state index contributed by atoms with van der Waals surface area (Å²) in [6.45, 7) is 3.81. The molecule has 3 heterocycles. The number of anilines is 1. The zero-order valence-electron chi connectivity index (χ0n) is 11.5. The Hall–Kier alpha value is -1.02. The number of nitrogen functional groups attached to an aromatic ring is 1. The fourth-order valence-corrected chi connectivity index (χ4v) is 4.13. The van der Waals surface area contributed by atoms with E-state index in [4.69, 9.17) is 15.5 Å². The Kier molecular flexibility index (Phi) is 4.30. The molecule has 0 unspecified atom stereocenters. The van der Waals surface area contributed by atoms with Crippen molar-refractivity contribution in [2.24, 2.45) is 0 Å². The summed E-state index contributed by atoms with van der Waals surface area (Å²) >= 11 is 3.17. The first-order valence-corrected chi connectivity index (χ1v) is 8.37. The molecule has 0 radical (unpaired) electrons. The molecule has 5 nitrogen and oxygen atoms in total. The van der Waals surface area contributed by atoms with Crippen LogP contribution in [0.15, 0.2) is 5.38 Å². The molecule has 0 aliphatic carbocycles. The standard InChI is InChI=1S/C13H18N4OS2/c1-18-7-9-12(10-8-19-13(14)16-10)20-11(15-9)6-17-4-2-3-5-17/h8H,2-7H2,1H3,(H2,14,16). The number of thiazole rings is 2. The molecule has 1 aliphatic rings. The van der Waals surface area contributed by atoms with Gasteiger partial charge in [-0.15, -0.1) is 22.7 Å². The van der Waals surface area contributed by atoms with Crippen molar-refractivity contribution < 1.29 is 4.74 Å². The van der Waals surface area contributed by atoms with Gasteiger partial charge < -0.3 is 10.5 Å². The summed E-state index contributed by atoms with van der Waals surface area (Å²) in [6, 6.07) is 0. The third-order valence-corrected chi connectivity index (χ3v) is 5.11.